The summed E-state index contributed by atoms with van der Waals surface area (Å²) in [6.07, 6.45) is -0.206. The molecule has 4 rings (SSSR count). The van der Waals surface area contributed by atoms with Gasteiger partial charge in [-0.3, -0.25) is 24.5 Å². The van der Waals surface area contributed by atoms with Crippen molar-refractivity contribution in [1.82, 2.24) is 4.90 Å². The molecule has 0 radical (unpaired) electrons. The minimum absolute atomic E-state index is 0.00412. The lowest BCUT2D eigenvalue weighted by molar-refractivity contribution is -0.384. The van der Waals surface area contributed by atoms with Crippen molar-refractivity contribution in [3.8, 4) is 0 Å². The van der Waals surface area contributed by atoms with E-state index in [0.717, 1.165) is 26.6 Å². The molecule has 178 valence electrons. The fourth-order valence-electron chi connectivity index (χ4n) is 3.89. The van der Waals surface area contributed by atoms with Gasteiger partial charge in [0.25, 0.3) is 17.5 Å². The number of benzene rings is 3. The van der Waals surface area contributed by atoms with E-state index in [2.05, 4.69) is 15.9 Å². The van der Waals surface area contributed by atoms with Gasteiger partial charge in [0.2, 0.25) is 5.91 Å². The summed E-state index contributed by atoms with van der Waals surface area (Å²) >= 11 is 9.24. The molecule has 3 amide bonds. The quantitative estimate of drug-likeness (QED) is 0.233. The third-order valence-corrected chi connectivity index (χ3v) is 6.56. The number of aryl methyl sites for hydroxylation is 1. The van der Waals surface area contributed by atoms with Gasteiger partial charge in [-0.25, -0.2) is 4.90 Å². The van der Waals surface area contributed by atoms with E-state index in [1.165, 1.54) is 17.0 Å². The molecule has 0 aromatic heterocycles. The summed E-state index contributed by atoms with van der Waals surface area (Å²) in [5, 5.41) is 11.2. The van der Waals surface area contributed by atoms with Crippen LogP contribution in [-0.4, -0.2) is 33.6 Å². The lowest BCUT2D eigenvalue weighted by Gasteiger charge is -2.28. The molecule has 1 aliphatic rings. The molecule has 0 spiro atoms. The molecule has 0 N–H and O–H groups in total. The van der Waals surface area contributed by atoms with Crippen molar-refractivity contribution in [3.63, 3.8) is 0 Å². The second kappa shape index (κ2) is 9.97. The van der Waals surface area contributed by atoms with E-state index in [9.17, 15) is 24.5 Å². The van der Waals surface area contributed by atoms with Crippen molar-refractivity contribution in [1.29, 1.82) is 0 Å². The maximum Gasteiger partial charge on any atom is 0.288 e. The van der Waals surface area contributed by atoms with Crippen LogP contribution in [0.1, 0.15) is 27.9 Å². The van der Waals surface area contributed by atoms with E-state index in [0.29, 0.717) is 5.69 Å². The Kier molecular flexibility index (Phi) is 7.00. The largest absolute Gasteiger partial charge is 0.322 e. The molecule has 0 saturated carbocycles. The third-order valence-electron chi connectivity index (χ3n) is 5.71. The van der Waals surface area contributed by atoms with Crippen LogP contribution in [0.2, 0.25) is 5.02 Å². The van der Waals surface area contributed by atoms with Crippen LogP contribution < -0.4 is 4.90 Å². The number of nitro benzene ring substituents is 1. The highest BCUT2D eigenvalue weighted by molar-refractivity contribution is 9.10. The average molecular weight is 557 g/mol. The smallest absolute Gasteiger partial charge is 0.288 e. The molecule has 10 heteroatoms. The van der Waals surface area contributed by atoms with Crippen LogP contribution in [0.3, 0.4) is 0 Å². The van der Waals surface area contributed by atoms with E-state index in [-0.39, 0.29) is 23.6 Å². The highest BCUT2D eigenvalue weighted by atomic mass is 79.9. The number of carbonyl (C=O) groups excluding carboxylic acids is 3. The fourth-order valence-corrected chi connectivity index (χ4v) is 4.34. The number of anilines is 1. The summed E-state index contributed by atoms with van der Waals surface area (Å²) in [7, 11) is 0. The van der Waals surface area contributed by atoms with Crippen molar-refractivity contribution >= 4 is 56.6 Å². The summed E-state index contributed by atoms with van der Waals surface area (Å²) < 4.78 is 0.789. The van der Waals surface area contributed by atoms with Crippen LogP contribution in [-0.2, 0) is 16.1 Å². The number of hydrogen-bond donors (Lipinski definition) is 0. The Morgan fingerprint density at radius 1 is 1.11 bits per heavy atom. The van der Waals surface area contributed by atoms with Crippen molar-refractivity contribution in [2.75, 3.05) is 4.90 Å². The van der Waals surface area contributed by atoms with Crippen LogP contribution in [0.25, 0.3) is 0 Å². The molecule has 0 bridgehead atoms. The predicted octanol–water partition coefficient (Wildman–Crippen LogP) is 5.29. The molecule has 1 saturated heterocycles. The molecule has 8 nitrogen and oxygen atoms in total. The van der Waals surface area contributed by atoms with Crippen molar-refractivity contribution in [2.45, 2.75) is 25.9 Å². The Morgan fingerprint density at radius 2 is 1.77 bits per heavy atom. The predicted molar refractivity (Wildman–Crippen MR) is 134 cm³/mol. The zero-order valence-corrected chi connectivity index (χ0v) is 20.8. The first-order chi connectivity index (χ1) is 16.7. The van der Waals surface area contributed by atoms with Gasteiger partial charge in [-0.2, -0.15) is 0 Å². The number of hydrogen-bond acceptors (Lipinski definition) is 5. The normalized spacial score (nSPS) is 15.4. The molecule has 1 aliphatic heterocycles. The van der Waals surface area contributed by atoms with Gasteiger partial charge in [-0.15, -0.1) is 0 Å². The van der Waals surface area contributed by atoms with Crippen LogP contribution in [0, 0.1) is 17.0 Å². The van der Waals surface area contributed by atoms with Gasteiger partial charge < -0.3 is 4.90 Å². The van der Waals surface area contributed by atoms with Crippen LogP contribution >= 0.6 is 27.5 Å². The first kappa shape index (κ1) is 24.6. The number of nitrogens with zero attached hydrogens (tertiary/aromatic N) is 3. The summed E-state index contributed by atoms with van der Waals surface area (Å²) in [5.74, 6) is -1.60. The fraction of sp³-hybridized carbons (Fsp3) is 0.160. The lowest BCUT2D eigenvalue weighted by atomic mass is 10.1. The molecule has 1 atom stereocenters. The van der Waals surface area contributed by atoms with E-state index in [4.69, 9.17) is 11.6 Å². The third kappa shape index (κ3) is 5.11. The number of carbonyl (C=O) groups is 3. The van der Waals surface area contributed by atoms with Crippen LogP contribution in [0.5, 0.6) is 0 Å². The van der Waals surface area contributed by atoms with Crippen LogP contribution in [0.4, 0.5) is 11.4 Å². The van der Waals surface area contributed by atoms with Crippen molar-refractivity contribution < 1.29 is 19.3 Å². The summed E-state index contributed by atoms with van der Waals surface area (Å²) in [6.45, 7) is 1.96. The van der Waals surface area contributed by atoms with Gasteiger partial charge in [-0.1, -0.05) is 57.4 Å². The van der Waals surface area contributed by atoms with Gasteiger partial charge in [0, 0.05) is 22.6 Å². The molecule has 1 heterocycles. The molecule has 3 aromatic rings. The minimum Gasteiger partial charge on any atom is -0.322 e. The van der Waals surface area contributed by atoms with Gasteiger partial charge in [0.1, 0.15) is 11.1 Å². The zero-order chi connectivity index (χ0) is 25.3. The topological polar surface area (TPSA) is 101 Å². The summed E-state index contributed by atoms with van der Waals surface area (Å²) in [5.41, 5.74) is 1.74. The number of imide groups is 1. The van der Waals surface area contributed by atoms with E-state index in [1.54, 1.807) is 24.3 Å². The maximum atomic E-state index is 13.6. The first-order valence-electron chi connectivity index (χ1n) is 10.6. The minimum atomic E-state index is -1.07. The lowest BCUT2D eigenvalue weighted by Crippen LogP contribution is -2.45. The van der Waals surface area contributed by atoms with E-state index >= 15 is 0 Å². The standard InChI is InChI=1S/C25H19BrClN3O5/c1-15-2-4-16(5-3-15)14-28(24(32)17-6-11-20(27)21(12-17)30(34)35)22-13-23(31)29(25(22)33)19-9-7-18(26)8-10-19/h2-12,22H,13-14H2,1H3. The Bertz CT molecular complexity index is 1330. The zero-order valence-electron chi connectivity index (χ0n) is 18.5. The second-order valence-corrected chi connectivity index (χ2v) is 9.43. The van der Waals surface area contributed by atoms with Crippen molar-refractivity contribution in [3.05, 3.63) is 103 Å². The van der Waals surface area contributed by atoms with Crippen molar-refractivity contribution in [2.24, 2.45) is 0 Å². The van der Waals surface area contributed by atoms with E-state index < -0.39 is 34.4 Å². The van der Waals surface area contributed by atoms with Gasteiger partial charge >= 0.3 is 0 Å². The number of amides is 3. The summed E-state index contributed by atoms with van der Waals surface area (Å²) in [4.78, 5) is 52.9. The highest BCUT2D eigenvalue weighted by Gasteiger charge is 2.44. The first-order valence-corrected chi connectivity index (χ1v) is 11.8. The molecule has 1 fully saturated rings. The summed E-state index contributed by atoms with van der Waals surface area (Å²) in [6, 6.07) is 16.8. The van der Waals surface area contributed by atoms with Crippen LogP contribution in [0.15, 0.2) is 71.2 Å². The van der Waals surface area contributed by atoms with Gasteiger partial charge in [0.15, 0.2) is 0 Å². The Morgan fingerprint density at radius 3 is 2.40 bits per heavy atom. The molecule has 0 aliphatic carbocycles. The molecular weight excluding hydrogens is 538 g/mol. The molecular formula is C25H19BrClN3O5. The SMILES string of the molecule is Cc1ccc(CN(C(=O)c2ccc(Cl)c([N+](=O)[O-])c2)C2CC(=O)N(c3ccc(Br)cc3)C2=O)cc1. The Labute approximate surface area is 214 Å². The molecule has 1 unspecified atom stereocenters. The number of nitro groups is 1. The molecule has 35 heavy (non-hydrogen) atoms. The van der Waals surface area contributed by atoms with Gasteiger partial charge in [-0.05, 0) is 48.9 Å². The second-order valence-electron chi connectivity index (χ2n) is 8.11. The van der Waals surface area contributed by atoms with E-state index in [1.807, 2.05) is 31.2 Å². The average Bonchev–Trinajstić information content (AvgIpc) is 3.12. The highest BCUT2D eigenvalue weighted by Crippen LogP contribution is 2.30. The monoisotopic (exact) mass is 555 g/mol. The molecule has 3 aromatic carbocycles. The Balaban J connectivity index is 1.72. The number of halogens is 2. The van der Waals surface area contributed by atoms with Gasteiger partial charge in [0.05, 0.1) is 17.0 Å². The maximum absolute atomic E-state index is 13.6. The number of rotatable bonds is 6. The Hall–Kier alpha value is -3.56.